The molecule has 0 radical (unpaired) electrons. The van der Waals surface area contributed by atoms with Crippen LogP contribution in [0.3, 0.4) is 0 Å². The van der Waals surface area contributed by atoms with Crippen LogP contribution in [0.25, 0.3) is 0 Å². The van der Waals surface area contributed by atoms with Crippen molar-refractivity contribution < 1.29 is 27.5 Å². The molecule has 2 rings (SSSR count). The molecule has 28 heavy (non-hydrogen) atoms. The quantitative estimate of drug-likeness (QED) is 0.625. The summed E-state index contributed by atoms with van der Waals surface area (Å²) in [7, 11) is -3.26. The van der Waals surface area contributed by atoms with Crippen LogP contribution in [-0.4, -0.2) is 61.6 Å². The van der Waals surface area contributed by atoms with E-state index in [4.69, 9.17) is 4.74 Å². The van der Waals surface area contributed by atoms with Crippen LogP contribution in [0.1, 0.15) is 58.8 Å². The Hall–Kier alpha value is -1.68. The maximum Gasteiger partial charge on any atom is 0.321 e. The molecule has 1 saturated carbocycles. The summed E-state index contributed by atoms with van der Waals surface area (Å²) in [5, 5.41) is 4.99. The molecule has 0 bridgehead atoms. The molecular formula is C18H31N3O6S. The van der Waals surface area contributed by atoms with E-state index >= 15 is 0 Å². The minimum Gasteiger partial charge on any atom is -0.452 e. The Balaban J connectivity index is 1.74. The summed E-state index contributed by atoms with van der Waals surface area (Å²) < 4.78 is 30.3. The van der Waals surface area contributed by atoms with Crippen LogP contribution in [0.15, 0.2) is 0 Å². The Morgan fingerprint density at radius 3 is 2.25 bits per heavy atom. The third-order valence-corrected chi connectivity index (χ3v) is 7.27. The molecule has 0 aromatic carbocycles. The van der Waals surface area contributed by atoms with Crippen molar-refractivity contribution in [2.75, 3.05) is 18.8 Å². The van der Waals surface area contributed by atoms with Crippen molar-refractivity contribution >= 4 is 27.9 Å². The zero-order chi connectivity index (χ0) is 20.7. The molecule has 2 aliphatic rings. The van der Waals surface area contributed by atoms with Crippen molar-refractivity contribution in [2.24, 2.45) is 5.92 Å². The largest absolute Gasteiger partial charge is 0.452 e. The van der Waals surface area contributed by atoms with Gasteiger partial charge in [0.1, 0.15) is 0 Å². The zero-order valence-electron chi connectivity index (χ0n) is 16.6. The van der Waals surface area contributed by atoms with E-state index in [0.29, 0.717) is 12.8 Å². The number of sulfonamides is 1. The van der Waals surface area contributed by atoms with Crippen LogP contribution in [0.5, 0.6) is 0 Å². The van der Waals surface area contributed by atoms with Gasteiger partial charge in [-0.1, -0.05) is 19.3 Å². The highest BCUT2D eigenvalue weighted by Gasteiger charge is 2.32. The number of urea groups is 1. The Labute approximate surface area is 166 Å². The lowest BCUT2D eigenvalue weighted by Crippen LogP contribution is -2.48. The van der Waals surface area contributed by atoms with Gasteiger partial charge < -0.3 is 10.1 Å². The van der Waals surface area contributed by atoms with Crippen LogP contribution in [0.4, 0.5) is 4.79 Å². The molecule has 1 unspecified atom stereocenters. The zero-order valence-corrected chi connectivity index (χ0v) is 17.4. The third kappa shape index (κ3) is 6.44. The average Bonchev–Trinajstić information content (AvgIpc) is 2.68. The van der Waals surface area contributed by atoms with Gasteiger partial charge in [-0.2, -0.15) is 0 Å². The Kier molecular flexibility index (Phi) is 8.23. The van der Waals surface area contributed by atoms with Crippen molar-refractivity contribution in [2.45, 2.75) is 70.9 Å². The summed E-state index contributed by atoms with van der Waals surface area (Å²) in [6.07, 6.45) is 4.70. The summed E-state index contributed by atoms with van der Waals surface area (Å²) in [6, 6.07) is -0.498. The van der Waals surface area contributed by atoms with E-state index < -0.39 is 40.0 Å². The summed E-state index contributed by atoms with van der Waals surface area (Å²) in [5.74, 6) is -1.63. The molecule has 160 valence electrons. The lowest BCUT2D eigenvalue weighted by Gasteiger charge is -2.30. The number of ether oxygens (including phenoxy) is 1. The number of carbonyl (C=O) groups is 3. The number of hydrogen-bond donors (Lipinski definition) is 2. The standard InChI is InChI=1S/C18H31N3O6S/c1-3-28(25,26)21-11-9-14(10-12-21)17(23)27-13(2)16(22)20-18(24)19-15-7-5-4-6-8-15/h13-15H,3-12H2,1-2H3,(H2,19,20,22,24). The second-order valence-electron chi connectivity index (χ2n) is 7.45. The summed E-state index contributed by atoms with van der Waals surface area (Å²) in [4.78, 5) is 36.3. The number of amides is 3. The summed E-state index contributed by atoms with van der Waals surface area (Å²) in [6.45, 7) is 3.53. The van der Waals surface area contributed by atoms with Gasteiger partial charge in [-0.25, -0.2) is 17.5 Å². The van der Waals surface area contributed by atoms with Gasteiger partial charge in [0, 0.05) is 19.1 Å². The SMILES string of the molecule is CCS(=O)(=O)N1CCC(C(=O)OC(C)C(=O)NC(=O)NC2CCCCC2)CC1. The molecule has 1 atom stereocenters. The summed E-state index contributed by atoms with van der Waals surface area (Å²) >= 11 is 0. The lowest BCUT2D eigenvalue weighted by atomic mass is 9.96. The fraction of sp³-hybridized carbons (Fsp3) is 0.833. The number of rotatable bonds is 6. The van der Waals surface area contributed by atoms with Gasteiger partial charge in [-0.05, 0) is 39.5 Å². The van der Waals surface area contributed by atoms with Crippen LogP contribution in [0, 0.1) is 5.92 Å². The van der Waals surface area contributed by atoms with Gasteiger partial charge in [0.15, 0.2) is 6.10 Å². The van der Waals surface area contributed by atoms with Crippen molar-refractivity contribution in [3.63, 3.8) is 0 Å². The highest BCUT2D eigenvalue weighted by Crippen LogP contribution is 2.21. The molecule has 0 aromatic rings. The first-order valence-corrected chi connectivity index (χ1v) is 11.6. The van der Waals surface area contributed by atoms with Crippen molar-refractivity contribution in [1.82, 2.24) is 14.9 Å². The fourth-order valence-corrected chi connectivity index (χ4v) is 4.69. The first-order valence-electron chi connectivity index (χ1n) is 10.0. The number of nitrogens with zero attached hydrogens (tertiary/aromatic N) is 1. The summed E-state index contributed by atoms with van der Waals surface area (Å²) in [5.41, 5.74) is 0. The molecule has 2 fully saturated rings. The number of imide groups is 1. The number of esters is 1. The van der Waals surface area contributed by atoms with Gasteiger partial charge in [-0.3, -0.25) is 14.9 Å². The van der Waals surface area contributed by atoms with E-state index in [-0.39, 0.29) is 24.9 Å². The predicted molar refractivity (Wildman–Crippen MR) is 103 cm³/mol. The van der Waals surface area contributed by atoms with E-state index in [0.717, 1.165) is 32.1 Å². The van der Waals surface area contributed by atoms with Crippen molar-refractivity contribution in [3.05, 3.63) is 0 Å². The van der Waals surface area contributed by atoms with Gasteiger partial charge in [0.25, 0.3) is 5.91 Å². The molecule has 0 aromatic heterocycles. The van der Waals surface area contributed by atoms with Crippen LogP contribution >= 0.6 is 0 Å². The third-order valence-electron chi connectivity index (χ3n) is 5.38. The number of piperidine rings is 1. The van der Waals surface area contributed by atoms with Crippen LogP contribution < -0.4 is 10.6 Å². The van der Waals surface area contributed by atoms with E-state index in [2.05, 4.69) is 10.6 Å². The first-order chi connectivity index (χ1) is 13.2. The highest BCUT2D eigenvalue weighted by molar-refractivity contribution is 7.89. The van der Waals surface area contributed by atoms with Crippen LogP contribution in [-0.2, 0) is 24.3 Å². The van der Waals surface area contributed by atoms with Crippen molar-refractivity contribution in [1.29, 1.82) is 0 Å². The number of nitrogens with one attached hydrogen (secondary N) is 2. The van der Waals surface area contributed by atoms with E-state index in [1.165, 1.54) is 11.2 Å². The number of carbonyl (C=O) groups excluding carboxylic acids is 3. The van der Waals surface area contributed by atoms with Gasteiger partial charge in [0.2, 0.25) is 10.0 Å². The average molecular weight is 418 g/mol. The molecule has 10 heteroatoms. The second-order valence-corrected chi connectivity index (χ2v) is 9.71. The second kappa shape index (κ2) is 10.2. The minimum absolute atomic E-state index is 0.0300. The predicted octanol–water partition coefficient (Wildman–Crippen LogP) is 1.14. The topological polar surface area (TPSA) is 122 Å². The van der Waals surface area contributed by atoms with E-state index in [1.807, 2.05) is 0 Å². The molecule has 1 saturated heterocycles. The molecule has 2 N–H and O–H groups in total. The molecule has 9 nitrogen and oxygen atoms in total. The van der Waals surface area contributed by atoms with Gasteiger partial charge >= 0.3 is 12.0 Å². The van der Waals surface area contributed by atoms with Gasteiger partial charge in [-0.15, -0.1) is 0 Å². The molecule has 3 amide bonds. The smallest absolute Gasteiger partial charge is 0.321 e. The van der Waals surface area contributed by atoms with Crippen LogP contribution in [0.2, 0.25) is 0 Å². The normalized spacial score (nSPS) is 20.9. The Morgan fingerprint density at radius 2 is 1.68 bits per heavy atom. The maximum atomic E-state index is 12.3. The fourth-order valence-electron chi connectivity index (χ4n) is 3.56. The highest BCUT2D eigenvalue weighted by atomic mass is 32.2. The molecule has 0 spiro atoms. The monoisotopic (exact) mass is 417 g/mol. The maximum absolute atomic E-state index is 12.3. The Morgan fingerprint density at radius 1 is 1.07 bits per heavy atom. The molecule has 1 heterocycles. The molecular weight excluding hydrogens is 386 g/mol. The molecule has 1 aliphatic carbocycles. The number of hydrogen-bond acceptors (Lipinski definition) is 6. The Bertz CT molecular complexity index is 667. The minimum atomic E-state index is -3.26. The van der Waals surface area contributed by atoms with Gasteiger partial charge in [0.05, 0.1) is 11.7 Å². The lowest BCUT2D eigenvalue weighted by molar-refractivity contribution is -0.159. The molecule has 1 aliphatic heterocycles. The van der Waals surface area contributed by atoms with E-state index in [1.54, 1.807) is 6.92 Å². The first kappa shape index (κ1) is 22.6. The van der Waals surface area contributed by atoms with Crippen molar-refractivity contribution in [3.8, 4) is 0 Å². The van der Waals surface area contributed by atoms with E-state index in [9.17, 15) is 22.8 Å².